The van der Waals surface area contributed by atoms with Crippen LogP contribution in [0.2, 0.25) is 0 Å². The summed E-state index contributed by atoms with van der Waals surface area (Å²) in [6, 6.07) is 14.0. The number of nitrogens with one attached hydrogen (secondary N) is 1. The van der Waals surface area contributed by atoms with E-state index in [1.807, 2.05) is 24.3 Å². The summed E-state index contributed by atoms with van der Waals surface area (Å²) >= 11 is 0. The number of H-pyrrole nitrogens is 1. The number of phenolic OH excluding ortho intramolecular Hbond substituents is 1. The maximum Gasteiger partial charge on any atom is 0.270 e. The van der Waals surface area contributed by atoms with Crippen molar-refractivity contribution in [3.05, 3.63) is 69.9 Å². The molecule has 0 aliphatic heterocycles. The van der Waals surface area contributed by atoms with Crippen LogP contribution in [0.5, 0.6) is 5.75 Å². The predicted octanol–water partition coefficient (Wildman–Crippen LogP) is 3.44. The Hall–Kier alpha value is -3.15. The molecule has 0 spiro atoms. The number of rotatable bonds is 5. The first-order valence-corrected chi connectivity index (χ1v) is 7.17. The van der Waals surface area contributed by atoms with E-state index in [1.165, 1.54) is 24.4 Å². The summed E-state index contributed by atoms with van der Waals surface area (Å²) in [7, 11) is 0. The van der Waals surface area contributed by atoms with E-state index in [9.17, 15) is 15.2 Å². The molecular formula is C17H15N3O3. The predicted molar refractivity (Wildman–Crippen MR) is 89.2 cm³/mol. The molecular weight excluding hydrogens is 294 g/mol. The highest BCUT2D eigenvalue weighted by molar-refractivity contribution is 5.84. The quantitative estimate of drug-likeness (QED) is 0.429. The molecule has 0 saturated carbocycles. The molecule has 0 saturated heterocycles. The SMILES string of the molecule is O=[N+]([O-])c1ccc(O)c(C=NCCc2cc3ccccc3[nH]2)c1. The first-order valence-electron chi connectivity index (χ1n) is 7.17. The third-order valence-electron chi connectivity index (χ3n) is 3.55. The van der Waals surface area contributed by atoms with Gasteiger partial charge in [-0.1, -0.05) is 18.2 Å². The maximum absolute atomic E-state index is 10.7. The van der Waals surface area contributed by atoms with Gasteiger partial charge in [-0.2, -0.15) is 0 Å². The lowest BCUT2D eigenvalue weighted by Crippen LogP contribution is -1.93. The zero-order valence-corrected chi connectivity index (χ0v) is 12.3. The number of hydrogen-bond acceptors (Lipinski definition) is 4. The van der Waals surface area contributed by atoms with Crippen molar-refractivity contribution in [3.8, 4) is 5.75 Å². The molecule has 3 rings (SSSR count). The number of hydrogen-bond donors (Lipinski definition) is 2. The van der Waals surface area contributed by atoms with E-state index in [-0.39, 0.29) is 11.4 Å². The highest BCUT2D eigenvalue weighted by atomic mass is 16.6. The van der Waals surface area contributed by atoms with Crippen molar-refractivity contribution in [1.29, 1.82) is 0 Å². The highest BCUT2D eigenvalue weighted by Crippen LogP contribution is 2.21. The topological polar surface area (TPSA) is 91.5 Å². The van der Waals surface area contributed by atoms with Crippen LogP contribution in [0.4, 0.5) is 5.69 Å². The molecule has 23 heavy (non-hydrogen) atoms. The number of fused-ring (bicyclic) bond motifs is 1. The standard InChI is InChI=1S/C17H15N3O3/c21-17-6-5-15(20(22)23)10-13(17)11-18-8-7-14-9-12-3-1-2-4-16(12)19-14/h1-6,9-11,19,21H,7-8H2. The molecule has 6 heteroatoms. The van der Waals surface area contributed by atoms with Gasteiger partial charge in [-0.25, -0.2) is 0 Å². The summed E-state index contributed by atoms with van der Waals surface area (Å²) in [6.07, 6.45) is 2.19. The zero-order valence-electron chi connectivity index (χ0n) is 12.3. The number of nitro groups is 1. The van der Waals surface area contributed by atoms with Crippen LogP contribution in [0.3, 0.4) is 0 Å². The van der Waals surface area contributed by atoms with E-state index < -0.39 is 4.92 Å². The molecule has 1 heterocycles. The fraction of sp³-hybridized carbons (Fsp3) is 0.118. The minimum Gasteiger partial charge on any atom is -0.507 e. The molecule has 3 aromatic rings. The Morgan fingerprint density at radius 3 is 2.83 bits per heavy atom. The molecule has 0 amide bonds. The van der Waals surface area contributed by atoms with Gasteiger partial charge in [0.05, 0.1) is 4.92 Å². The number of nitro benzene ring substituents is 1. The number of aromatic hydroxyl groups is 1. The molecule has 0 atom stereocenters. The summed E-state index contributed by atoms with van der Waals surface area (Å²) < 4.78 is 0. The zero-order chi connectivity index (χ0) is 16.2. The number of para-hydroxylation sites is 1. The monoisotopic (exact) mass is 309 g/mol. The summed E-state index contributed by atoms with van der Waals surface area (Å²) in [5.74, 6) is -0.0232. The third kappa shape index (κ3) is 3.37. The Morgan fingerprint density at radius 1 is 1.22 bits per heavy atom. The Bertz CT molecular complexity index is 851. The van der Waals surface area contributed by atoms with Crippen LogP contribution in [-0.2, 0) is 6.42 Å². The van der Waals surface area contributed by atoms with E-state index in [0.29, 0.717) is 12.1 Å². The lowest BCUT2D eigenvalue weighted by Gasteiger charge is -1.98. The summed E-state index contributed by atoms with van der Waals surface area (Å²) in [5, 5.41) is 21.6. The van der Waals surface area contributed by atoms with E-state index >= 15 is 0 Å². The largest absolute Gasteiger partial charge is 0.507 e. The maximum atomic E-state index is 10.7. The molecule has 2 aromatic carbocycles. The van der Waals surface area contributed by atoms with E-state index in [0.717, 1.165) is 23.0 Å². The van der Waals surface area contributed by atoms with Gasteiger partial charge in [0.15, 0.2) is 0 Å². The van der Waals surface area contributed by atoms with Gasteiger partial charge in [0, 0.05) is 48.1 Å². The molecule has 0 fully saturated rings. The van der Waals surface area contributed by atoms with E-state index in [1.54, 1.807) is 0 Å². The van der Waals surface area contributed by atoms with Crippen LogP contribution in [0.25, 0.3) is 10.9 Å². The molecule has 0 unspecified atom stereocenters. The van der Waals surface area contributed by atoms with Gasteiger partial charge in [-0.05, 0) is 23.6 Å². The van der Waals surface area contributed by atoms with Gasteiger partial charge in [-0.3, -0.25) is 15.1 Å². The molecule has 1 aromatic heterocycles. The van der Waals surface area contributed by atoms with Crippen molar-refractivity contribution in [2.75, 3.05) is 6.54 Å². The minimum absolute atomic E-state index is 0.0232. The van der Waals surface area contributed by atoms with Gasteiger partial charge in [-0.15, -0.1) is 0 Å². The van der Waals surface area contributed by atoms with Crippen molar-refractivity contribution in [2.45, 2.75) is 6.42 Å². The summed E-state index contributed by atoms with van der Waals surface area (Å²) in [4.78, 5) is 17.8. The van der Waals surface area contributed by atoms with E-state index in [4.69, 9.17) is 0 Å². The third-order valence-corrected chi connectivity index (χ3v) is 3.55. The van der Waals surface area contributed by atoms with Crippen LogP contribution < -0.4 is 0 Å². The van der Waals surface area contributed by atoms with Gasteiger partial charge < -0.3 is 10.1 Å². The highest BCUT2D eigenvalue weighted by Gasteiger charge is 2.08. The lowest BCUT2D eigenvalue weighted by molar-refractivity contribution is -0.384. The first-order chi connectivity index (χ1) is 11.1. The van der Waals surface area contributed by atoms with Crippen molar-refractivity contribution in [3.63, 3.8) is 0 Å². The van der Waals surface area contributed by atoms with Crippen molar-refractivity contribution in [1.82, 2.24) is 4.98 Å². The number of aromatic nitrogens is 1. The number of aliphatic imine (C=N–C) groups is 1. The van der Waals surface area contributed by atoms with Crippen LogP contribution >= 0.6 is 0 Å². The normalized spacial score (nSPS) is 11.3. The second-order valence-corrected chi connectivity index (χ2v) is 5.17. The van der Waals surface area contributed by atoms with Crippen LogP contribution in [0.15, 0.2) is 53.5 Å². The second-order valence-electron chi connectivity index (χ2n) is 5.17. The van der Waals surface area contributed by atoms with Crippen molar-refractivity contribution < 1.29 is 10.0 Å². The van der Waals surface area contributed by atoms with Gasteiger partial charge in [0.1, 0.15) is 5.75 Å². The Morgan fingerprint density at radius 2 is 2.04 bits per heavy atom. The van der Waals surface area contributed by atoms with Crippen LogP contribution in [0, 0.1) is 10.1 Å². The Balaban J connectivity index is 1.67. The average molecular weight is 309 g/mol. The minimum atomic E-state index is -0.499. The average Bonchev–Trinajstić information content (AvgIpc) is 2.95. The molecule has 116 valence electrons. The number of phenols is 1. The smallest absolute Gasteiger partial charge is 0.270 e. The number of nitrogens with zero attached hydrogens (tertiary/aromatic N) is 2. The molecule has 0 bridgehead atoms. The number of aromatic amines is 1. The molecule has 2 N–H and O–H groups in total. The van der Waals surface area contributed by atoms with E-state index in [2.05, 4.69) is 16.0 Å². The molecule has 0 aliphatic carbocycles. The van der Waals surface area contributed by atoms with Crippen LogP contribution in [0.1, 0.15) is 11.3 Å². The Kier molecular flexibility index (Phi) is 4.05. The first kappa shape index (κ1) is 14.8. The van der Waals surface area contributed by atoms with Crippen LogP contribution in [-0.4, -0.2) is 27.8 Å². The lowest BCUT2D eigenvalue weighted by atomic mass is 10.2. The molecule has 6 nitrogen and oxygen atoms in total. The number of non-ortho nitro benzene ring substituents is 1. The van der Waals surface area contributed by atoms with Gasteiger partial charge >= 0.3 is 0 Å². The van der Waals surface area contributed by atoms with Gasteiger partial charge in [0.2, 0.25) is 0 Å². The van der Waals surface area contributed by atoms with Gasteiger partial charge in [0.25, 0.3) is 5.69 Å². The Labute approximate surface area is 132 Å². The number of benzene rings is 2. The fourth-order valence-corrected chi connectivity index (χ4v) is 2.37. The summed E-state index contributed by atoms with van der Waals surface area (Å²) in [6.45, 7) is 0.523. The molecule has 0 radical (unpaired) electrons. The second kappa shape index (κ2) is 6.31. The fourth-order valence-electron chi connectivity index (χ4n) is 2.37. The summed E-state index contributed by atoms with van der Waals surface area (Å²) in [5.41, 5.74) is 2.44. The van der Waals surface area contributed by atoms with Crippen molar-refractivity contribution >= 4 is 22.8 Å². The molecule has 0 aliphatic rings. The van der Waals surface area contributed by atoms with Crippen molar-refractivity contribution in [2.24, 2.45) is 4.99 Å².